The molecule has 0 N–H and O–H groups in total. The number of aryl methyl sites for hydroxylation is 6. The maximum absolute atomic E-state index is 4.79. The third kappa shape index (κ3) is 4.08. The van der Waals surface area contributed by atoms with Gasteiger partial charge in [0.1, 0.15) is 10.0 Å². The molecule has 3 aromatic carbocycles. The Kier molecular flexibility index (Phi) is 6.28. The Balaban J connectivity index is 1.70. The van der Waals surface area contributed by atoms with E-state index < -0.39 is 0 Å². The maximum atomic E-state index is 4.79. The van der Waals surface area contributed by atoms with Crippen LogP contribution in [0.15, 0.2) is 60.9 Å². The molecule has 0 spiro atoms. The minimum atomic E-state index is 1.10. The molecule has 6 heteroatoms. The molecule has 2 nitrogen and oxygen atoms in total. The van der Waals surface area contributed by atoms with Crippen molar-refractivity contribution in [3.8, 4) is 42.0 Å². The highest BCUT2D eigenvalue weighted by Crippen LogP contribution is 2.54. The van der Waals surface area contributed by atoms with Crippen molar-refractivity contribution in [3.05, 3.63) is 92.9 Å². The Bertz CT molecular complexity index is 1840. The molecule has 7 rings (SSSR count). The second kappa shape index (κ2) is 9.74. The number of hydrogen-bond donors (Lipinski definition) is 0. The van der Waals surface area contributed by atoms with E-state index in [-0.39, 0.29) is 0 Å². The largest absolute Gasteiger partial charge is 0.243 e. The first kappa shape index (κ1) is 25.8. The lowest BCUT2D eigenvalue weighted by molar-refractivity contribution is 1.39. The van der Waals surface area contributed by atoms with Crippen LogP contribution < -0.4 is 0 Å². The number of thiophene rings is 2. The number of thiazole rings is 2. The van der Waals surface area contributed by atoms with Crippen LogP contribution in [0.5, 0.6) is 0 Å². The Morgan fingerprint density at radius 2 is 0.850 bits per heavy atom. The van der Waals surface area contributed by atoms with Gasteiger partial charge in [-0.25, -0.2) is 9.97 Å². The fraction of sp³-hybridized carbons (Fsp3) is 0.176. The lowest BCUT2D eigenvalue weighted by atomic mass is 9.87. The smallest absolute Gasteiger partial charge is 0.133 e. The van der Waals surface area contributed by atoms with Crippen LogP contribution >= 0.6 is 45.3 Å². The van der Waals surface area contributed by atoms with Crippen LogP contribution in [-0.4, -0.2) is 9.97 Å². The molecule has 4 aromatic heterocycles. The number of rotatable bonds is 4. The number of benzene rings is 3. The average molecular weight is 593 g/mol. The summed E-state index contributed by atoms with van der Waals surface area (Å²) in [5, 5.41) is 4.83. The summed E-state index contributed by atoms with van der Waals surface area (Å²) in [6, 6.07) is 18.1. The van der Waals surface area contributed by atoms with E-state index in [1.54, 1.807) is 22.7 Å². The van der Waals surface area contributed by atoms with Crippen molar-refractivity contribution < 1.29 is 0 Å². The molecule has 0 saturated heterocycles. The molecule has 0 bridgehead atoms. The molecule has 7 aromatic rings. The van der Waals surface area contributed by atoms with Gasteiger partial charge >= 0.3 is 0 Å². The first-order valence-electron chi connectivity index (χ1n) is 13.3. The maximum Gasteiger partial charge on any atom is 0.133 e. The van der Waals surface area contributed by atoms with Crippen molar-refractivity contribution >= 4 is 65.5 Å². The molecule has 4 heterocycles. The Labute approximate surface area is 250 Å². The molecule has 0 amide bonds. The molecule has 198 valence electrons. The van der Waals surface area contributed by atoms with Crippen molar-refractivity contribution in [2.45, 2.75) is 41.5 Å². The normalized spacial score (nSPS) is 11.8. The van der Waals surface area contributed by atoms with Crippen molar-refractivity contribution in [2.24, 2.45) is 0 Å². The highest BCUT2D eigenvalue weighted by molar-refractivity contribution is 7.28. The predicted octanol–water partition coefficient (Wildman–Crippen LogP) is 11.5. The topological polar surface area (TPSA) is 25.8 Å². The zero-order valence-electron chi connectivity index (χ0n) is 23.3. The van der Waals surface area contributed by atoms with Crippen LogP contribution in [0.2, 0.25) is 0 Å². The number of hydrogen-bond acceptors (Lipinski definition) is 6. The van der Waals surface area contributed by atoms with Crippen LogP contribution in [0.3, 0.4) is 0 Å². The van der Waals surface area contributed by atoms with E-state index in [0.717, 1.165) is 10.0 Å². The average Bonchev–Trinajstić information content (AvgIpc) is 3.70. The van der Waals surface area contributed by atoms with E-state index in [9.17, 15) is 0 Å². The van der Waals surface area contributed by atoms with E-state index in [0.29, 0.717) is 0 Å². The first-order chi connectivity index (χ1) is 19.3. The van der Waals surface area contributed by atoms with Gasteiger partial charge in [0.05, 0.1) is 9.75 Å². The van der Waals surface area contributed by atoms with E-state index in [1.807, 2.05) is 35.1 Å². The number of fused-ring (bicyclic) bond motifs is 2. The summed E-state index contributed by atoms with van der Waals surface area (Å²) in [7, 11) is 0. The van der Waals surface area contributed by atoms with Crippen LogP contribution in [0, 0.1) is 41.5 Å². The zero-order chi connectivity index (χ0) is 27.7. The summed E-state index contributed by atoms with van der Waals surface area (Å²) in [5.41, 5.74) is 10.6. The van der Waals surface area contributed by atoms with Crippen molar-refractivity contribution in [2.75, 3.05) is 0 Å². The molecule has 0 atom stereocenters. The Morgan fingerprint density at radius 1 is 0.475 bits per heavy atom. The minimum Gasteiger partial charge on any atom is -0.243 e. The van der Waals surface area contributed by atoms with Gasteiger partial charge in [-0.05, 0) is 87.1 Å². The molecule has 40 heavy (non-hydrogen) atoms. The highest BCUT2D eigenvalue weighted by atomic mass is 32.1. The lowest BCUT2D eigenvalue weighted by Gasteiger charge is -2.18. The van der Waals surface area contributed by atoms with Crippen LogP contribution in [0.25, 0.3) is 62.2 Å². The molecule has 0 fully saturated rings. The summed E-state index contributed by atoms with van der Waals surface area (Å²) in [6.45, 7) is 13.3. The van der Waals surface area contributed by atoms with Gasteiger partial charge in [-0.3, -0.25) is 0 Å². The van der Waals surface area contributed by atoms with E-state index >= 15 is 0 Å². The second-order valence-electron chi connectivity index (χ2n) is 10.5. The molecule has 0 saturated carbocycles. The quantitative estimate of drug-likeness (QED) is 0.203. The van der Waals surface area contributed by atoms with Gasteiger partial charge in [-0.1, -0.05) is 36.4 Å². The molecular formula is C34H28N2S4. The van der Waals surface area contributed by atoms with Gasteiger partial charge in [0.2, 0.25) is 0 Å². The molecule has 0 unspecified atom stereocenters. The number of nitrogens with zero attached hydrogens (tertiary/aromatic N) is 2. The summed E-state index contributed by atoms with van der Waals surface area (Å²) >= 11 is 7.32. The van der Waals surface area contributed by atoms with E-state index in [1.165, 1.54) is 84.2 Å². The molecule has 0 aliphatic carbocycles. The predicted molar refractivity (Wildman–Crippen MR) is 179 cm³/mol. The molecule has 0 aliphatic heterocycles. The third-order valence-electron chi connectivity index (χ3n) is 7.58. The van der Waals surface area contributed by atoms with Crippen molar-refractivity contribution in [1.82, 2.24) is 9.97 Å². The monoisotopic (exact) mass is 592 g/mol. The molecule has 0 radical (unpaired) electrons. The SMILES string of the molecule is Cc1cnc(-c2cc3c(-c4c(C)cccc4C)c4sc(-c5ncc(C)s5)cc4c(-c4c(C)cccc4C)c3s2)s1. The van der Waals surface area contributed by atoms with Gasteiger partial charge in [-0.15, -0.1) is 45.3 Å². The van der Waals surface area contributed by atoms with Gasteiger partial charge in [0.15, 0.2) is 0 Å². The third-order valence-corrected chi connectivity index (χ3v) is 12.1. The van der Waals surface area contributed by atoms with Gasteiger partial charge in [0.25, 0.3) is 0 Å². The highest BCUT2D eigenvalue weighted by Gasteiger charge is 2.26. The minimum absolute atomic E-state index is 1.10. The summed E-state index contributed by atoms with van der Waals surface area (Å²) in [4.78, 5) is 14.5. The van der Waals surface area contributed by atoms with Crippen LogP contribution in [0.4, 0.5) is 0 Å². The first-order valence-corrected chi connectivity index (χ1v) is 16.6. The number of aromatic nitrogens is 2. The van der Waals surface area contributed by atoms with E-state index in [2.05, 4.69) is 90.1 Å². The van der Waals surface area contributed by atoms with Crippen molar-refractivity contribution in [3.63, 3.8) is 0 Å². The van der Waals surface area contributed by atoms with Crippen LogP contribution in [0.1, 0.15) is 32.0 Å². The standard InChI is InChI=1S/C34H28N2S4/c1-17-9-7-10-18(2)27(17)29-23-13-25(33-35-15-21(5)37-33)40-32(23)30(28-19(3)11-8-12-20(28)4)24-14-26(39-31(24)29)34-36-16-22(6)38-34/h7-16H,1-6H3. The second-order valence-corrected chi connectivity index (χ2v) is 15.1. The molecule has 0 aliphatic rings. The Morgan fingerprint density at radius 3 is 1.18 bits per heavy atom. The lowest BCUT2D eigenvalue weighted by Crippen LogP contribution is -1.93. The van der Waals surface area contributed by atoms with Crippen LogP contribution in [-0.2, 0) is 0 Å². The van der Waals surface area contributed by atoms with Gasteiger partial charge in [-0.2, -0.15) is 0 Å². The molecular weight excluding hydrogens is 565 g/mol. The summed E-state index contributed by atoms with van der Waals surface area (Å²) < 4.78 is 2.68. The summed E-state index contributed by atoms with van der Waals surface area (Å²) in [6.07, 6.45) is 3.98. The zero-order valence-corrected chi connectivity index (χ0v) is 26.6. The van der Waals surface area contributed by atoms with Crippen molar-refractivity contribution in [1.29, 1.82) is 0 Å². The fourth-order valence-corrected chi connectivity index (χ4v) is 9.93. The van der Waals surface area contributed by atoms with Gasteiger partial charge < -0.3 is 0 Å². The summed E-state index contributed by atoms with van der Waals surface area (Å²) in [5.74, 6) is 0. The van der Waals surface area contributed by atoms with Gasteiger partial charge in [0, 0.05) is 53.4 Å². The van der Waals surface area contributed by atoms with E-state index in [4.69, 9.17) is 9.97 Å². The fourth-order valence-electron chi connectivity index (χ4n) is 5.83. The Hall–Kier alpha value is -3.16.